The van der Waals surface area contributed by atoms with Gasteiger partial charge in [-0.25, -0.2) is 4.79 Å². The van der Waals surface area contributed by atoms with E-state index in [0.29, 0.717) is 45.3 Å². The number of esters is 1. The van der Waals surface area contributed by atoms with Crippen LogP contribution in [0.15, 0.2) is 42.1 Å². The van der Waals surface area contributed by atoms with Gasteiger partial charge in [-0.15, -0.1) is 28.1 Å². The normalized spacial score (nSPS) is 11.7. The van der Waals surface area contributed by atoms with Gasteiger partial charge in [0.25, 0.3) is 0 Å². The molecule has 1 aromatic carbocycles. The molecule has 0 bridgehead atoms. The van der Waals surface area contributed by atoms with E-state index in [1.807, 2.05) is 37.5 Å². The summed E-state index contributed by atoms with van der Waals surface area (Å²) in [6.07, 6.45) is 1.99. The van der Waals surface area contributed by atoms with Gasteiger partial charge in [-0.3, -0.25) is 9.36 Å². The standard InChI is InChI=1S/C24H27ClN4O4S2/c1-6-11-29-21(14(3)33-17-10-8-9-16(25)12-17)27-28-24(29)34-13-19(30)26-22-20(23(31)32-5)18(7-2)15(4)35-22/h6,8-10,12,14H,1,7,11,13H2,2-5H3,(H,26,30). The molecule has 0 radical (unpaired) electrons. The summed E-state index contributed by atoms with van der Waals surface area (Å²) in [6, 6.07) is 7.12. The predicted molar refractivity (Wildman–Crippen MR) is 140 cm³/mol. The first-order valence-corrected chi connectivity index (χ1v) is 13.1. The second kappa shape index (κ2) is 12.2. The summed E-state index contributed by atoms with van der Waals surface area (Å²) in [5.41, 5.74) is 1.30. The molecular formula is C24H27ClN4O4S2. The van der Waals surface area contributed by atoms with Crippen LogP contribution < -0.4 is 10.1 Å². The highest BCUT2D eigenvalue weighted by Crippen LogP contribution is 2.34. The van der Waals surface area contributed by atoms with Crippen LogP contribution in [-0.4, -0.2) is 39.5 Å². The van der Waals surface area contributed by atoms with Crippen LogP contribution >= 0.6 is 34.7 Å². The zero-order valence-corrected chi connectivity index (χ0v) is 22.4. The van der Waals surface area contributed by atoms with Crippen LogP contribution in [0.25, 0.3) is 0 Å². The van der Waals surface area contributed by atoms with Gasteiger partial charge in [0.15, 0.2) is 17.1 Å². The van der Waals surface area contributed by atoms with Crippen molar-refractivity contribution in [2.75, 3.05) is 18.2 Å². The van der Waals surface area contributed by atoms with Crippen LogP contribution in [0.5, 0.6) is 5.75 Å². The van der Waals surface area contributed by atoms with Crippen LogP contribution in [0.4, 0.5) is 5.00 Å². The maximum atomic E-state index is 12.7. The van der Waals surface area contributed by atoms with E-state index < -0.39 is 12.1 Å². The van der Waals surface area contributed by atoms with E-state index in [4.69, 9.17) is 21.1 Å². The van der Waals surface area contributed by atoms with E-state index in [2.05, 4.69) is 22.1 Å². The van der Waals surface area contributed by atoms with Crippen molar-refractivity contribution in [3.63, 3.8) is 0 Å². The lowest BCUT2D eigenvalue weighted by Gasteiger charge is -2.16. The number of anilines is 1. The van der Waals surface area contributed by atoms with E-state index in [9.17, 15) is 9.59 Å². The summed E-state index contributed by atoms with van der Waals surface area (Å²) in [4.78, 5) is 26.0. The number of rotatable bonds is 11. The summed E-state index contributed by atoms with van der Waals surface area (Å²) < 4.78 is 12.8. The number of halogens is 1. The Morgan fingerprint density at radius 1 is 1.37 bits per heavy atom. The molecule has 0 spiro atoms. The fourth-order valence-corrected chi connectivity index (χ4v) is 5.59. The number of allylic oxidation sites excluding steroid dienone is 1. The number of carbonyl (C=O) groups is 2. The average molecular weight is 535 g/mol. The number of thioether (sulfide) groups is 1. The molecule has 3 rings (SSSR count). The number of hydrogen-bond acceptors (Lipinski definition) is 8. The zero-order valence-electron chi connectivity index (χ0n) is 20.0. The highest BCUT2D eigenvalue weighted by molar-refractivity contribution is 7.99. The van der Waals surface area contributed by atoms with E-state index in [1.54, 1.807) is 18.2 Å². The van der Waals surface area contributed by atoms with Gasteiger partial charge in [0.05, 0.1) is 18.4 Å². The number of hydrogen-bond donors (Lipinski definition) is 1. The Kier molecular flexibility index (Phi) is 9.36. The van der Waals surface area contributed by atoms with Crippen molar-refractivity contribution < 1.29 is 19.1 Å². The summed E-state index contributed by atoms with van der Waals surface area (Å²) >= 11 is 8.65. The third-order valence-electron chi connectivity index (χ3n) is 5.07. The minimum atomic E-state index is -0.460. The van der Waals surface area contributed by atoms with Gasteiger partial charge in [-0.1, -0.05) is 42.4 Å². The number of ether oxygens (including phenoxy) is 2. The minimum Gasteiger partial charge on any atom is -0.483 e. The molecule has 0 fully saturated rings. The lowest BCUT2D eigenvalue weighted by molar-refractivity contribution is -0.113. The molecule has 0 aliphatic carbocycles. The summed E-state index contributed by atoms with van der Waals surface area (Å²) in [5.74, 6) is 0.575. The van der Waals surface area contributed by atoms with Crippen molar-refractivity contribution in [1.82, 2.24) is 14.8 Å². The topological polar surface area (TPSA) is 95.3 Å². The second-order valence-corrected chi connectivity index (χ2v) is 10.1. The van der Waals surface area contributed by atoms with E-state index in [-0.39, 0.29) is 11.7 Å². The Bertz CT molecular complexity index is 1220. The number of amides is 1. The molecule has 1 unspecified atom stereocenters. The largest absolute Gasteiger partial charge is 0.483 e. The number of nitrogens with one attached hydrogen (secondary N) is 1. The van der Waals surface area contributed by atoms with Crippen LogP contribution in [0.2, 0.25) is 5.02 Å². The second-order valence-electron chi connectivity index (χ2n) is 7.48. The molecule has 186 valence electrons. The first kappa shape index (κ1) is 26.8. The molecule has 2 aromatic heterocycles. The van der Waals surface area contributed by atoms with Crippen molar-refractivity contribution in [2.24, 2.45) is 0 Å². The molecule has 1 N–H and O–H groups in total. The van der Waals surface area contributed by atoms with Crippen LogP contribution in [0.3, 0.4) is 0 Å². The molecule has 11 heteroatoms. The molecule has 3 aromatic rings. The van der Waals surface area contributed by atoms with Gasteiger partial charge in [0.2, 0.25) is 5.91 Å². The molecule has 1 atom stereocenters. The summed E-state index contributed by atoms with van der Waals surface area (Å²) in [7, 11) is 1.33. The lowest BCUT2D eigenvalue weighted by Crippen LogP contribution is -2.17. The van der Waals surface area contributed by atoms with Gasteiger partial charge in [-0.05, 0) is 44.0 Å². The first-order valence-electron chi connectivity index (χ1n) is 10.9. The van der Waals surface area contributed by atoms with Gasteiger partial charge < -0.3 is 14.8 Å². The summed E-state index contributed by atoms with van der Waals surface area (Å²) in [5, 5.41) is 13.0. The number of aromatic nitrogens is 3. The molecule has 35 heavy (non-hydrogen) atoms. The van der Waals surface area contributed by atoms with Gasteiger partial charge in [0, 0.05) is 16.4 Å². The highest BCUT2D eigenvalue weighted by Gasteiger charge is 2.24. The molecule has 0 aliphatic rings. The van der Waals surface area contributed by atoms with Crippen LogP contribution in [0, 0.1) is 6.92 Å². The molecule has 1 amide bonds. The number of methoxy groups -OCH3 is 1. The van der Waals surface area contributed by atoms with Crippen molar-refractivity contribution >= 4 is 51.6 Å². The van der Waals surface area contributed by atoms with Gasteiger partial charge in [0.1, 0.15) is 10.8 Å². The average Bonchev–Trinajstić information content (AvgIpc) is 3.37. The third kappa shape index (κ3) is 6.45. The maximum absolute atomic E-state index is 12.7. The van der Waals surface area contributed by atoms with Gasteiger partial charge >= 0.3 is 5.97 Å². The fourth-order valence-electron chi connectivity index (χ4n) is 3.51. The number of benzene rings is 1. The quantitative estimate of drug-likeness (QED) is 0.191. The molecule has 8 nitrogen and oxygen atoms in total. The van der Waals surface area contributed by atoms with Crippen molar-refractivity contribution in [2.45, 2.75) is 45.0 Å². The number of carbonyl (C=O) groups excluding carboxylic acids is 2. The molecule has 2 heterocycles. The van der Waals surface area contributed by atoms with E-state index >= 15 is 0 Å². The maximum Gasteiger partial charge on any atom is 0.341 e. The summed E-state index contributed by atoms with van der Waals surface area (Å²) in [6.45, 7) is 10.0. The lowest BCUT2D eigenvalue weighted by atomic mass is 10.1. The smallest absolute Gasteiger partial charge is 0.341 e. The Balaban J connectivity index is 1.72. The van der Waals surface area contributed by atoms with E-state index in [1.165, 1.54) is 30.2 Å². The van der Waals surface area contributed by atoms with Crippen LogP contribution in [0.1, 0.15) is 46.6 Å². The monoisotopic (exact) mass is 534 g/mol. The molecule has 0 saturated heterocycles. The van der Waals surface area contributed by atoms with Crippen molar-refractivity contribution in [1.29, 1.82) is 0 Å². The Morgan fingerprint density at radius 2 is 2.14 bits per heavy atom. The SMILES string of the molecule is C=CCn1c(SCC(=O)Nc2sc(C)c(CC)c2C(=O)OC)nnc1C(C)Oc1cccc(Cl)c1. The Hall–Kier alpha value is -2.82. The minimum absolute atomic E-state index is 0.0812. The number of thiophene rings is 1. The first-order chi connectivity index (χ1) is 16.8. The molecular weight excluding hydrogens is 508 g/mol. The fraction of sp³-hybridized carbons (Fsp3) is 0.333. The zero-order chi connectivity index (χ0) is 25.5. The Labute approximate surface area is 217 Å². The Morgan fingerprint density at radius 3 is 2.80 bits per heavy atom. The predicted octanol–water partition coefficient (Wildman–Crippen LogP) is 5.71. The molecule has 0 saturated carbocycles. The van der Waals surface area contributed by atoms with Crippen molar-refractivity contribution in [3.05, 3.63) is 63.8 Å². The van der Waals surface area contributed by atoms with Crippen molar-refractivity contribution in [3.8, 4) is 5.75 Å². The number of nitrogens with zero attached hydrogens (tertiary/aromatic N) is 3. The van der Waals surface area contributed by atoms with Gasteiger partial charge in [-0.2, -0.15) is 0 Å². The highest BCUT2D eigenvalue weighted by atomic mass is 35.5. The molecule has 0 aliphatic heterocycles. The van der Waals surface area contributed by atoms with Crippen LogP contribution in [-0.2, 0) is 22.5 Å². The third-order valence-corrected chi connectivity index (χ3v) is 7.33. The number of aryl methyl sites for hydroxylation is 1. The van der Waals surface area contributed by atoms with E-state index in [0.717, 1.165) is 10.4 Å².